The van der Waals surface area contributed by atoms with Crippen LogP contribution in [0.15, 0.2) is 59.9 Å². The minimum absolute atomic E-state index is 0. The predicted molar refractivity (Wildman–Crippen MR) is 133 cm³/mol. The Morgan fingerprint density at radius 1 is 1.16 bits per heavy atom. The third kappa shape index (κ3) is 7.63. The van der Waals surface area contributed by atoms with E-state index in [0.717, 1.165) is 23.5 Å². The smallest absolute Gasteiger partial charge is 0.387 e. The van der Waals surface area contributed by atoms with Crippen LogP contribution in [0, 0.1) is 6.92 Å². The molecule has 0 atom stereocenters. The summed E-state index contributed by atoms with van der Waals surface area (Å²) in [5, 5.41) is 6.76. The molecule has 0 bridgehead atoms. The lowest BCUT2D eigenvalue weighted by atomic mass is 10.1. The van der Waals surface area contributed by atoms with Crippen molar-refractivity contribution in [3.63, 3.8) is 0 Å². The molecule has 2 aromatic carbocycles. The SMILES string of the molecule is CN=C(NCc1cccc(Cn2ccnc2C)c1)NCc1cc(Cl)ccc1OC(F)F.I. The summed E-state index contributed by atoms with van der Waals surface area (Å²) in [5.74, 6) is 1.56. The lowest BCUT2D eigenvalue weighted by molar-refractivity contribution is -0.0504. The molecule has 0 amide bonds. The second-order valence-electron chi connectivity index (χ2n) is 6.83. The Balaban J connectivity index is 0.00000363. The summed E-state index contributed by atoms with van der Waals surface area (Å²) in [6.07, 6.45) is 3.74. The first-order valence-corrected chi connectivity index (χ1v) is 10.1. The molecule has 3 rings (SSSR count). The van der Waals surface area contributed by atoms with Gasteiger partial charge in [0.05, 0.1) is 0 Å². The number of rotatable bonds is 8. The van der Waals surface area contributed by atoms with Crippen molar-refractivity contribution in [2.75, 3.05) is 7.05 Å². The Hall–Kier alpha value is -2.40. The second-order valence-corrected chi connectivity index (χ2v) is 7.27. The van der Waals surface area contributed by atoms with Crippen LogP contribution >= 0.6 is 35.6 Å². The Morgan fingerprint density at radius 3 is 2.59 bits per heavy atom. The minimum atomic E-state index is -2.91. The number of aromatic nitrogens is 2. The van der Waals surface area contributed by atoms with Gasteiger partial charge in [0.2, 0.25) is 0 Å². The number of aliphatic imine (C=N–C) groups is 1. The summed E-state index contributed by atoms with van der Waals surface area (Å²) in [5.41, 5.74) is 2.76. The molecule has 0 aliphatic carbocycles. The molecule has 1 heterocycles. The summed E-state index contributed by atoms with van der Waals surface area (Å²) in [6, 6.07) is 12.7. The second kappa shape index (κ2) is 12.6. The summed E-state index contributed by atoms with van der Waals surface area (Å²) < 4.78 is 31.9. The van der Waals surface area contributed by atoms with Crippen LogP contribution in [0.4, 0.5) is 8.78 Å². The molecule has 172 valence electrons. The van der Waals surface area contributed by atoms with Gasteiger partial charge in [0.15, 0.2) is 5.96 Å². The molecule has 3 aromatic rings. The number of alkyl halides is 2. The van der Waals surface area contributed by atoms with Gasteiger partial charge in [-0.3, -0.25) is 4.99 Å². The van der Waals surface area contributed by atoms with E-state index in [0.29, 0.717) is 23.1 Å². The lowest BCUT2D eigenvalue weighted by Gasteiger charge is -2.15. The van der Waals surface area contributed by atoms with Crippen molar-refractivity contribution in [2.24, 2.45) is 4.99 Å². The van der Waals surface area contributed by atoms with Crippen LogP contribution in [0.5, 0.6) is 5.75 Å². The Kier molecular flexibility index (Phi) is 10.2. The topological polar surface area (TPSA) is 63.5 Å². The molecular formula is C22H25ClF2IN5O. The lowest BCUT2D eigenvalue weighted by Crippen LogP contribution is -2.36. The summed E-state index contributed by atoms with van der Waals surface area (Å²) in [7, 11) is 1.64. The first-order valence-electron chi connectivity index (χ1n) is 9.68. The van der Waals surface area contributed by atoms with Crippen molar-refractivity contribution in [3.05, 3.63) is 82.4 Å². The minimum Gasteiger partial charge on any atom is -0.434 e. The average Bonchev–Trinajstić information content (AvgIpc) is 3.14. The summed E-state index contributed by atoms with van der Waals surface area (Å²) in [4.78, 5) is 8.43. The van der Waals surface area contributed by atoms with E-state index in [1.807, 2.05) is 25.3 Å². The van der Waals surface area contributed by atoms with Crippen molar-refractivity contribution in [1.29, 1.82) is 0 Å². The van der Waals surface area contributed by atoms with E-state index < -0.39 is 6.61 Å². The number of hydrogen-bond acceptors (Lipinski definition) is 3. The molecule has 0 aliphatic heterocycles. The molecule has 0 saturated carbocycles. The zero-order chi connectivity index (χ0) is 22.2. The largest absolute Gasteiger partial charge is 0.434 e. The van der Waals surface area contributed by atoms with Gasteiger partial charge in [-0.1, -0.05) is 35.9 Å². The van der Waals surface area contributed by atoms with Gasteiger partial charge in [-0.25, -0.2) is 4.98 Å². The Bertz CT molecular complexity index is 1040. The third-order valence-corrected chi connectivity index (χ3v) is 4.87. The fraction of sp³-hybridized carbons (Fsp3) is 0.273. The van der Waals surface area contributed by atoms with Crippen LogP contribution in [-0.4, -0.2) is 29.2 Å². The summed E-state index contributed by atoms with van der Waals surface area (Å²) >= 11 is 6.00. The number of guanidine groups is 1. The van der Waals surface area contributed by atoms with E-state index in [2.05, 4.69) is 42.0 Å². The molecule has 0 aliphatic rings. The van der Waals surface area contributed by atoms with E-state index in [-0.39, 0.29) is 36.3 Å². The maximum atomic E-state index is 12.6. The quantitative estimate of drug-likeness (QED) is 0.226. The highest BCUT2D eigenvalue weighted by molar-refractivity contribution is 14.0. The predicted octanol–water partition coefficient (Wildman–Crippen LogP) is 4.98. The molecule has 6 nitrogen and oxygen atoms in total. The Morgan fingerprint density at radius 2 is 1.91 bits per heavy atom. The van der Waals surface area contributed by atoms with Crippen LogP contribution in [0.25, 0.3) is 0 Å². The van der Waals surface area contributed by atoms with Gasteiger partial charge in [0.25, 0.3) is 0 Å². The zero-order valence-electron chi connectivity index (χ0n) is 17.7. The van der Waals surface area contributed by atoms with Crippen LogP contribution in [0.2, 0.25) is 5.02 Å². The Labute approximate surface area is 208 Å². The average molecular weight is 576 g/mol. The molecule has 0 spiro atoms. The number of hydrogen-bond donors (Lipinski definition) is 2. The molecule has 0 unspecified atom stereocenters. The van der Waals surface area contributed by atoms with E-state index in [1.54, 1.807) is 19.3 Å². The number of nitrogens with zero attached hydrogens (tertiary/aromatic N) is 3. The van der Waals surface area contributed by atoms with Gasteiger partial charge >= 0.3 is 6.61 Å². The maximum Gasteiger partial charge on any atom is 0.387 e. The van der Waals surface area contributed by atoms with Crippen molar-refractivity contribution < 1.29 is 13.5 Å². The van der Waals surface area contributed by atoms with Gasteiger partial charge in [-0.15, -0.1) is 24.0 Å². The highest BCUT2D eigenvalue weighted by Crippen LogP contribution is 2.24. The fourth-order valence-electron chi connectivity index (χ4n) is 3.09. The van der Waals surface area contributed by atoms with Crippen LogP contribution in [0.1, 0.15) is 22.5 Å². The van der Waals surface area contributed by atoms with Crippen molar-refractivity contribution in [1.82, 2.24) is 20.2 Å². The fourth-order valence-corrected chi connectivity index (χ4v) is 3.28. The van der Waals surface area contributed by atoms with Gasteiger partial charge in [0, 0.05) is 49.7 Å². The van der Waals surface area contributed by atoms with E-state index in [1.165, 1.54) is 12.1 Å². The molecule has 1 aromatic heterocycles. The first-order chi connectivity index (χ1) is 14.9. The normalized spacial score (nSPS) is 11.2. The van der Waals surface area contributed by atoms with Gasteiger partial charge in [-0.05, 0) is 36.2 Å². The summed E-state index contributed by atoms with van der Waals surface area (Å²) in [6.45, 7) is 0.581. The van der Waals surface area contributed by atoms with Crippen molar-refractivity contribution in [2.45, 2.75) is 33.2 Å². The van der Waals surface area contributed by atoms with Crippen molar-refractivity contribution >= 4 is 41.5 Å². The third-order valence-electron chi connectivity index (χ3n) is 4.64. The van der Waals surface area contributed by atoms with Gasteiger partial charge in [-0.2, -0.15) is 8.78 Å². The first kappa shape index (κ1) is 25.9. The number of benzene rings is 2. The van der Waals surface area contributed by atoms with Crippen LogP contribution in [0.3, 0.4) is 0 Å². The molecule has 0 fully saturated rings. The van der Waals surface area contributed by atoms with Crippen LogP contribution < -0.4 is 15.4 Å². The highest BCUT2D eigenvalue weighted by atomic mass is 127. The molecule has 2 N–H and O–H groups in total. The zero-order valence-corrected chi connectivity index (χ0v) is 20.8. The van der Waals surface area contributed by atoms with E-state index >= 15 is 0 Å². The number of imidazole rings is 1. The van der Waals surface area contributed by atoms with E-state index in [4.69, 9.17) is 11.6 Å². The number of ether oxygens (including phenoxy) is 1. The highest BCUT2D eigenvalue weighted by Gasteiger charge is 2.11. The van der Waals surface area contributed by atoms with Gasteiger partial charge in [0.1, 0.15) is 11.6 Å². The van der Waals surface area contributed by atoms with Gasteiger partial charge < -0.3 is 19.9 Å². The standard InChI is InChI=1S/C22H24ClF2N5O.HI/c1-15-27-8-9-30(15)14-17-5-3-4-16(10-17)12-28-22(26-2)29-13-18-11-19(23)6-7-20(18)31-21(24)25;/h3-11,21H,12-14H2,1-2H3,(H2,26,28,29);1H. The molecule has 32 heavy (non-hydrogen) atoms. The van der Waals surface area contributed by atoms with Crippen molar-refractivity contribution in [3.8, 4) is 5.75 Å². The monoisotopic (exact) mass is 575 g/mol. The number of halogens is 4. The number of aryl methyl sites for hydroxylation is 1. The molecule has 0 radical (unpaired) electrons. The number of nitrogens with one attached hydrogen (secondary N) is 2. The van der Waals surface area contributed by atoms with E-state index in [9.17, 15) is 8.78 Å². The van der Waals surface area contributed by atoms with Crippen LogP contribution in [-0.2, 0) is 19.6 Å². The maximum absolute atomic E-state index is 12.6. The molecule has 0 saturated heterocycles. The molecule has 10 heteroatoms. The molecular weight excluding hydrogens is 551 g/mol.